The quantitative estimate of drug-likeness (QED) is 0.757. The van der Waals surface area contributed by atoms with Crippen LogP contribution in [0.4, 0.5) is 0 Å². The first-order valence-electron chi connectivity index (χ1n) is 7.94. The van der Waals surface area contributed by atoms with Crippen molar-refractivity contribution in [3.63, 3.8) is 0 Å². The molecule has 19 heavy (non-hydrogen) atoms. The summed E-state index contributed by atoms with van der Waals surface area (Å²) < 4.78 is 0. The highest BCUT2D eigenvalue weighted by Gasteiger charge is 2.58. The Morgan fingerprint density at radius 1 is 1.42 bits per heavy atom. The van der Waals surface area contributed by atoms with Crippen LogP contribution in [0.5, 0.6) is 0 Å². The van der Waals surface area contributed by atoms with Crippen LogP contribution >= 0.6 is 11.8 Å². The van der Waals surface area contributed by atoms with Crippen molar-refractivity contribution in [2.75, 3.05) is 5.75 Å². The zero-order valence-corrected chi connectivity index (χ0v) is 13.6. The first-order valence-corrected chi connectivity index (χ1v) is 8.98. The number of hydrogen-bond donors (Lipinski definition) is 1. The van der Waals surface area contributed by atoms with Gasteiger partial charge in [0.05, 0.1) is 5.60 Å². The van der Waals surface area contributed by atoms with E-state index >= 15 is 0 Å². The molecular formula is C17H30OS. The Labute approximate surface area is 123 Å². The van der Waals surface area contributed by atoms with Crippen LogP contribution in [0.25, 0.3) is 0 Å². The SMILES string of the molecule is C=CCC1(C)C(C)CC(SCC)C2(O)CCCCC12. The summed E-state index contributed by atoms with van der Waals surface area (Å²) in [5.74, 6) is 2.25. The lowest BCUT2D eigenvalue weighted by Crippen LogP contribution is -2.61. The molecule has 0 amide bonds. The third-order valence-corrected chi connectivity index (χ3v) is 7.26. The number of thioether (sulfide) groups is 1. The Morgan fingerprint density at radius 2 is 2.16 bits per heavy atom. The van der Waals surface area contributed by atoms with E-state index in [1.165, 1.54) is 19.3 Å². The largest absolute Gasteiger partial charge is 0.388 e. The third-order valence-electron chi connectivity index (χ3n) is 5.92. The van der Waals surface area contributed by atoms with E-state index in [2.05, 4.69) is 33.4 Å². The summed E-state index contributed by atoms with van der Waals surface area (Å²) in [4.78, 5) is 0. The highest BCUT2D eigenvalue weighted by atomic mass is 32.2. The molecule has 0 bridgehead atoms. The summed E-state index contributed by atoms with van der Waals surface area (Å²) in [5.41, 5.74) is -0.190. The van der Waals surface area contributed by atoms with Gasteiger partial charge in [0, 0.05) is 5.25 Å². The fourth-order valence-corrected chi connectivity index (χ4v) is 6.07. The van der Waals surface area contributed by atoms with Gasteiger partial charge in [-0.15, -0.1) is 6.58 Å². The molecular weight excluding hydrogens is 252 g/mol. The van der Waals surface area contributed by atoms with Crippen LogP contribution in [0, 0.1) is 17.3 Å². The molecule has 2 rings (SSSR count). The predicted octanol–water partition coefficient (Wildman–Crippen LogP) is 4.65. The van der Waals surface area contributed by atoms with Crippen molar-refractivity contribution in [2.45, 2.75) is 70.1 Å². The van der Waals surface area contributed by atoms with Crippen molar-refractivity contribution >= 4 is 11.8 Å². The van der Waals surface area contributed by atoms with Gasteiger partial charge in [-0.25, -0.2) is 0 Å². The molecule has 1 nitrogen and oxygen atoms in total. The lowest BCUT2D eigenvalue weighted by Gasteiger charge is -2.59. The highest BCUT2D eigenvalue weighted by molar-refractivity contribution is 7.99. The molecule has 0 aromatic heterocycles. The summed E-state index contributed by atoms with van der Waals surface area (Å²) in [6, 6.07) is 0. The van der Waals surface area contributed by atoms with E-state index in [9.17, 15) is 5.11 Å². The monoisotopic (exact) mass is 282 g/mol. The van der Waals surface area contributed by atoms with Gasteiger partial charge in [-0.1, -0.05) is 39.7 Å². The fraction of sp³-hybridized carbons (Fsp3) is 0.882. The van der Waals surface area contributed by atoms with Crippen LogP contribution < -0.4 is 0 Å². The molecule has 5 atom stereocenters. The van der Waals surface area contributed by atoms with Gasteiger partial charge in [-0.2, -0.15) is 11.8 Å². The lowest BCUT2D eigenvalue weighted by molar-refractivity contribution is -0.145. The predicted molar refractivity (Wildman–Crippen MR) is 85.5 cm³/mol. The number of fused-ring (bicyclic) bond motifs is 1. The molecule has 0 radical (unpaired) electrons. The van der Waals surface area contributed by atoms with Gasteiger partial charge in [-0.3, -0.25) is 0 Å². The molecule has 0 aromatic carbocycles. The second kappa shape index (κ2) is 5.81. The van der Waals surface area contributed by atoms with E-state index in [0.717, 1.165) is 25.0 Å². The maximum atomic E-state index is 11.4. The van der Waals surface area contributed by atoms with Crippen molar-refractivity contribution in [1.29, 1.82) is 0 Å². The molecule has 5 unspecified atom stereocenters. The number of allylic oxidation sites excluding steroid dienone is 1. The Morgan fingerprint density at radius 3 is 2.79 bits per heavy atom. The second-order valence-electron chi connectivity index (χ2n) is 6.87. The zero-order valence-electron chi connectivity index (χ0n) is 12.8. The minimum atomic E-state index is -0.427. The Hall–Kier alpha value is 0.0500. The minimum Gasteiger partial charge on any atom is -0.388 e. The summed E-state index contributed by atoms with van der Waals surface area (Å²) in [5, 5.41) is 11.8. The maximum absolute atomic E-state index is 11.4. The van der Waals surface area contributed by atoms with Gasteiger partial charge in [0.1, 0.15) is 0 Å². The normalized spacial score (nSPS) is 46.6. The second-order valence-corrected chi connectivity index (χ2v) is 8.35. The van der Waals surface area contributed by atoms with Gasteiger partial charge < -0.3 is 5.11 Å². The van der Waals surface area contributed by atoms with Crippen molar-refractivity contribution < 1.29 is 5.11 Å². The summed E-state index contributed by atoms with van der Waals surface area (Å²) in [7, 11) is 0. The molecule has 0 heterocycles. The Kier molecular flexibility index (Phi) is 4.72. The first kappa shape index (κ1) is 15.4. The number of rotatable bonds is 4. The van der Waals surface area contributed by atoms with E-state index in [0.29, 0.717) is 17.1 Å². The van der Waals surface area contributed by atoms with Crippen molar-refractivity contribution in [1.82, 2.24) is 0 Å². The minimum absolute atomic E-state index is 0.238. The standard InChI is InChI=1S/C17H30OS/c1-5-10-16(4)13(3)12-15(19-6-2)17(18)11-8-7-9-14(16)17/h5,13-15,18H,1,6-12H2,2-4H3. The van der Waals surface area contributed by atoms with Crippen LogP contribution in [-0.4, -0.2) is 21.7 Å². The van der Waals surface area contributed by atoms with Crippen LogP contribution in [0.1, 0.15) is 59.3 Å². The molecule has 2 aliphatic rings. The smallest absolute Gasteiger partial charge is 0.0799 e. The molecule has 0 saturated heterocycles. The molecule has 1 N–H and O–H groups in total. The molecule has 2 aliphatic carbocycles. The number of aliphatic hydroxyl groups is 1. The summed E-state index contributed by atoms with van der Waals surface area (Å²) in [6.07, 6.45) is 8.97. The van der Waals surface area contributed by atoms with Crippen LogP contribution in [-0.2, 0) is 0 Å². The van der Waals surface area contributed by atoms with Gasteiger partial charge in [-0.05, 0) is 48.7 Å². The molecule has 0 aliphatic heterocycles. The molecule has 0 spiro atoms. The average Bonchev–Trinajstić information content (AvgIpc) is 2.37. The topological polar surface area (TPSA) is 20.2 Å². The molecule has 2 saturated carbocycles. The zero-order chi connectivity index (χ0) is 14.1. The highest BCUT2D eigenvalue weighted by Crippen LogP contribution is 2.59. The fourth-order valence-electron chi connectivity index (χ4n) is 4.67. The first-order chi connectivity index (χ1) is 8.99. The average molecular weight is 282 g/mol. The van der Waals surface area contributed by atoms with Gasteiger partial charge in [0.2, 0.25) is 0 Å². The van der Waals surface area contributed by atoms with Gasteiger partial charge >= 0.3 is 0 Å². The van der Waals surface area contributed by atoms with E-state index in [4.69, 9.17) is 0 Å². The van der Waals surface area contributed by atoms with E-state index in [-0.39, 0.29) is 5.41 Å². The molecule has 0 aromatic rings. The summed E-state index contributed by atoms with van der Waals surface area (Å²) in [6.45, 7) is 11.0. The van der Waals surface area contributed by atoms with E-state index in [1.807, 2.05) is 11.8 Å². The van der Waals surface area contributed by atoms with Crippen LogP contribution in [0.3, 0.4) is 0 Å². The van der Waals surface area contributed by atoms with Crippen LogP contribution in [0.15, 0.2) is 12.7 Å². The van der Waals surface area contributed by atoms with Gasteiger partial charge in [0.15, 0.2) is 0 Å². The van der Waals surface area contributed by atoms with Crippen molar-refractivity contribution in [2.24, 2.45) is 17.3 Å². The maximum Gasteiger partial charge on any atom is 0.0799 e. The Balaban J connectivity index is 2.33. The van der Waals surface area contributed by atoms with Gasteiger partial charge in [0.25, 0.3) is 0 Å². The number of hydrogen-bond acceptors (Lipinski definition) is 2. The molecule has 2 heteroatoms. The lowest BCUT2D eigenvalue weighted by atomic mass is 9.51. The Bertz CT molecular complexity index is 329. The summed E-state index contributed by atoms with van der Waals surface area (Å²) >= 11 is 1.98. The van der Waals surface area contributed by atoms with E-state index < -0.39 is 5.60 Å². The van der Waals surface area contributed by atoms with Crippen molar-refractivity contribution in [3.05, 3.63) is 12.7 Å². The van der Waals surface area contributed by atoms with Crippen molar-refractivity contribution in [3.8, 4) is 0 Å². The van der Waals surface area contributed by atoms with E-state index in [1.54, 1.807) is 0 Å². The molecule has 2 fully saturated rings. The third kappa shape index (κ3) is 2.51. The van der Waals surface area contributed by atoms with Crippen LogP contribution in [0.2, 0.25) is 0 Å². The molecule has 110 valence electrons.